The van der Waals surface area contributed by atoms with Crippen molar-refractivity contribution in [3.8, 4) is 18.1 Å². The van der Waals surface area contributed by atoms with Crippen LogP contribution in [-0.4, -0.2) is 23.8 Å². The lowest BCUT2D eigenvalue weighted by molar-refractivity contribution is 0.0894. The molecule has 0 aliphatic heterocycles. The molecule has 1 aliphatic carbocycles. The van der Waals surface area contributed by atoms with E-state index in [1.165, 1.54) is 11.3 Å². The van der Waals surface area contributed by atoms with Crippen molar-refractivity contribution in [2.45, 2.75) is 38.1 Å². The number of thiophene rings is 1. The first kappa shape index (κ1) is 18.2. The van der Waals surface area contributed by atoms with Gasteiger partial charge in [0.25, 0.3) is 5.91 Å². The molecule has 4 nitrogen and oxygen atoms in total. The predicted octanol–water partition coefficient (Wildman–Crippen LogP) is 3.99. The number of ether oxygens (including phenoxy) is 1. The van der Waals surface area contributed by atoms with Gasteiger partial charge in [-0.25, -0.2) is 0 Å². The average Bonchev–Trinajstić information content (AvgIpc) is 3.30. The van der Waals surface area contributed by atoms with Crippen LogP contribution in [0.2, 0.25) is 0 Å². The van der Waals surface area contributed by atoms with E-state index in [-0.39, 0.29) is 18.3 Å². The number of ketones is 1. The summed E-state index contributed by atoms with van der Waals surface area (Å²) in [5.74, 6) is 2.79. The number of carbonyl (C=O) groups is 2. The van der Waals surface area contributed by atoms with Crippen LogP contribution in [0.25, 0.3) is 0 Å². The topological polar surface area (TPSA) is 55.4 Å². The Morgan fingerprint density at radius 3 is 2.58 bits per heavy atom. The molecule has 1 aliphatic rings. The van der Waals surface area contributed by atoms with Gasteiger partial charge in [-0.05, 0) is 44.1 Å². The first-order valence-electron chi connectivity index (χ1n) is 8.63. The molecule has 1 fully saturated rings. The van der Waals surface area contributed by atoms with Gasteiger partial charge in [-0.15, -0.1) is 17.8 Å². The van der Waals surface area contributed by atoms with Gasteiger partial charge >= 0.3 is 0 Å². The second kappa shape index (κ2) is 7.76. The van der Waals surface area contributed by atoms with Gasteiger partial charge in [0.05, 0.1) is 0 Å². The van der Waals surface area contributed by atoms with Crippen LogP contribution < -0.4 is 10.1 Å². The van der Waals surface area contributed by atoms with Crippen LogP contribution in [0.15, 0.2) is 35.7 Å². The molecule has 0 unspecified atom stereocenters. The molecule has 1 heterocycles. The number of amides is 1. The van der Waals surface area contributed by atoms with E-state index in [9.17, 15) is 9.59 Å². The zero-order chi connectivity index (χ0) is 18.6. The fourth-order valence-corrected chi connectivity index (χ4v) is 3.83. The number of nitrogens with one attached hydrogen (secondary N) is 1. The molecule has 1 saturated carbocycles. The normalized spacial score (nSPS) is 15.2. The van der Waals surface area contributed by atoms with Gasteiger partial charge in [0.15, 0.2) is 12.4 Å². The van der Waals surface area contributed by atoms with E-state index < -0.39 is 5.54 Å². The van der Waals surface area contributed by atoms with E-state index in [1.807, 2.05) is 19.1 Å². The molecule has 134 valence electrons. The number of hydrogen-bond donors (Lipinski definition) is 1. The zero-order valence-corrected chi connectivity index (χ0v) is 15.5. The summed E-state index contributed by atoms with van der Waals surface area (Å²) in [6.07, 6.45) is 9.27. The minimum Gasteiger partial charge on any atom is -0.484 e. The largest absolute Gasteiger partial charge is 0.484 e. The van der Waals surface area contributed by atoms with Crippen LogP contribution in [-0.2, 0) is 0 Å². The summed E-state index contributed by atoms with van der Waals surface area (Å²) in [6.45, 7) is 1.86. The van der Waals surface area contributed by atoms with Crippen LogP contribution in [0.1, 0.15) is 51.3 Å². The maximum absolute atomic E-state index is 12.6. The van der Waals surface area contributed by atoms with Crippen LogP contribution in [0.4, 0.5) is 0 Å². The smallest absolute Gasteiger partial charge is 0.266 e. The Bertz CT molecular complexity index is 839. The fraction of sp³-hybridized carbons (Fsp3) is 0.333. The SMILES string of the molecule is C#CC1(NC(=O)c2sccc2OCC(=O)c2ccc(C)cc2)CCCC1. The Kier molecular flexibility index (Phi) is 5.43. The Balaban J connectivity index is 1.65. The Labute approximate surface area is 157 Å². The summed E-state index contributed by atoms with van der Waals surface area (Å²) in [5, 5.41) is 4.76. The van der Waals surface area contributed by atoms with E-state index in [4.69, 9.17) is 11.2 Å². The van der Waals surface area contributed by atoms with Gasteiger partial charge in [-0.3, -0.25) is 9.59 Å². The van der Waals surface area contributed by atoms with Crippen molar-refractivity contribution in [1.82, 2.24) is 5.32 Å². The summed E-state index contributed by atoms with van der Waals surface area (Å²) in [4.78, 5) is 25.3. The predicted molar refractivity (Wildman–Crippen MR) is 103 cm³/mol. The molecule has 0 atom stereocenters. The number of carbonyl (C=O) groups excluding carboxylic acids is 2. The van der Waals surface area contributed by atoms with Crippen molar-refractivity contribution in [3.05, 3.63) is 51.7 Å². The Morgan fingerprint density at radius 1 is 1.23 bits per heavy atom. The lowest BCUT2D eigenvalue weighted by Gasteiger charge is -2.24. The van der Waals surface area contributed by atoms with Crippen molar-refractivity contribution >= 4 is 23.0 Å². The molecular weight excluding hydrogens is 346 g/mol. The minimum atomic E-state index is -0.559. The Hall–Kier alpha value is -2.58. The molecule has 1 aromatic carbocycles. The molecule has 1 amide bonds. The summed E-state index contributed by atoms with van der Waals surface area (Å²) in [7, 11) is 0. The number of hydrogen-bond acceptors (Lipinski definition) is 4. The number of benzene rings is 1. The van der Waals surface area contributed by atoms with E-state index in [2.05, 4.69) is 11.2 Å². The third-order valence-electron chi connectivity index (χ3n) is 4.65. The van der Waals surface area contributed by atoms with E-state index in [0.29, 0.717) is 16.2 Å². The second-order valence-electron chi connectivity index (χ2n) is 6.58. The molecular formula is C21H21NO3S. The van der Waals surface area contributed by atoms with E-state index in [0.717, 1.165) is 31.2 Å². The molecule has 0 radical (unpaired) electrons. The zero-order valence-electron chi connectivity index (χ0n) is 14.7. The first-order chi connectivity index (χ1) is 12.5. The molecule has 1 aromatic heterocycles. The highest BCUT2D eigenvalue weighted by Gasteiger charge is 2.34. The molecule has 3 rings (SSSR count). The highest BCUT2D eigenvalue weighted by molar-refractivity contribution is 7.12. The van der Waals surface area contributed by atoms with E-state index >= 15 is 0 Å². The van der Waals surface area contributed by atoms with Gasteiger partial charge in [0.2, 0.25) is 0 Å². The molecule has 0 bridgehead atoms. The maximum atomic E-state index is 12.6. The summed E-state index contributed by atoms with van der Waals surface area (Å²) in [5.41, 5.74) is 1.12. The van der Waals surface area contributed by atoms with Crippen molar-refractivity contribution in [1.29, 1.82) is 0 Å². The van der Waals surface area contributed by atoms with Crippen LogP contribution in [0, 0.1) is 19.3 Å². The highest BCUT2D eigenvalue weighted by atomic mass is 32.1. The monoisotopic (exact) mass is 367 g/mol. The van der Waals surface area contributed by atoms with Gasteiger partial charge in [0, 0.05) is 5.56 Å². The molecule has 2 aromatic rings. The standard InChI is InChI=1S/C21H21NO3S/c1-3-21(11-4-5-12-21)22-20(24)19-18(10-13-26-19)25-14-17(23)16-8-6-15(2)7-9-16/h1,6-10,13H,4-5,11-12,14H2,2H3,(H,22,24). The summed E-state index contributed by atoms with van der Waals surface area (Å²) in [6, 6.07) is 9.03. The van der Waals surface area contributed by atoms with Crippen LogP contribution in [0.5, 0.6) is 5.75 Å². The van der Waals surface area contributed by atoms with Crippen LogP contribution in [0.3, 0.4) is 0 Å². The molecule has 1 N–H and O–H groups in total. The maximum Gasteiger partial charge on any atom is 0.266 e. The fourth-order valence-electron chi connectivity index (χ4n) is 3.10. The van der Waals surface area contributed by atoms with Crippen molar-refractivity contribution < 1.29 is 14.3 Å². The number of Topliss-reactive ketones (excluding diaryl/α,β-unsaturated/α-hetero) is 1. The third-order valence-corrected chi connectivity index (χ3v) is 5.55. The molecule has 5 heteroatoms. The summed E-state index contributed by atoms with van der Waals surface area (Å²) < 4.78 is 5.62. The lowest BCUT2D eigenvalue weighted by atomic mass is 9.99. The quantitative estimate of drug-likeness (QED) is 0.620. The highest BCUT2D eigenvalue weighted by Crippen LogP contribution is 2.31. The summed E-state index contributed by atoms with van der Waals surface area (Å²) >= 11 is 1.28. The molecule has 0 saturated heterocycles. The third kappa shape index (κ3) is 3.97. The van der Waals surface area contributed by atoms with Gasteiger partial charge in [0.1, 0.15) is 16.2 Å². The Morgan fingerprint density at radius 2 is 1.92 bits per heavy atom. The van der Waals surface area contributed by atoms with Gasteiger partial charge in [-0.2, -0.15) is 0 Å². The van der Waals surface area contributed by atoms with Crippen molar-refractivity contribution in [3.63, 3.8) is 0 Å². The van der Waals surface area contributed by atoms with Crippen molar-refractivity contribution in [2.75, 3.05) is 6.61 Å². The first-order valence-corrected chi connectivity index (χ1v) is 9.51. The van der Waals surface area contributed by atoms with Crippen molar-refractivity contribution in [2.24, 2.45) is 0 Å². The number of terminal acetylenes is 1. The second-order valence-corrected chi connectivity index (χ2v) is 7.50. The number of aryl methyl sites for hydroxylation is 1. The molecule has 0 spiro atoms. The molecule has 26 heavy (non-hydrogen) atoms. The minimum absolute atomic E-state index is 0.111. The average molecular weight is 367 g/mol. The van der Waals surface area contributed by atoms with Crippen LogP contribution >= 0.6 is 11.3 Å². The van der Waals surface area contributed by atoms with Gasteiger partial charge in [-0.1, -0.05) is 35.7 Å². The van der Waals surface area contributed by atoms with Gasteiger partial charge < -0.3 is 10.1 Å². The van der Waals surface area contributed by atoms with E-state index in [1.54, 1.807) is 23.6 Å². The number of rotatable bonds is 6. The lowest BCUT2D eigenvalue weighted by Crippen LogP contribution is -2.44.